The number of aliphatic imine (C=N–C) groups is 1. The molecule has 1 saturated heterocycles. The van der Waals surface area contributed by atoms with Crippen LogP contribution in [0.1, 0.15) is 44.6 Å². The van der Waals surface area contributed by atoms with Crippen LogP contribution >= 0.6 is 24.0 Å². The minimum atomic E-state index is 0. The minimum Gasteiger partial charge on any atom is -0.493 e. The first-order valence-electron chi connectivity index (χ1n) is 10.7. The van der Waals surface area contributed by atoms with Crippen molar-refractivity contribution in [1.29, 1.82) is 0 Å². The molecule has 1 unspecified atom stereocenters. The lowest BCUT2D eigenvalue weighted by atomic mass is 10.1. The number of benzene rings is 1. The van der Waals surface area contributed by atoms with Crippen molar-refractivity contribution in [3.63, 3.8) is 0 Å². The van der Waals surface area contributed by atoms with E-state index in [9.17, 15) is 4.79 Å². The molecule has 1 heterocycles. The molecule has 1 aliphatic carbocycles. The lowest BCUT2D eigenvalue weighted by Gasteiger charge is -2.21. The molecule has 0 bridgehead atoms. The standard InChI is InChI=1S/C22H34N4O3.HI/c1-4-23-22(24-14-17-10-7-11-19(28-2)20(17)29-3)25-18-12-13-26(15-18)21(27)16-8-5-6-9-16;/h7,10-11,16,18H,4-6,8-9,12-15H2,1-3H3,(H2,23,24,25);1H. The van der Waals surface area contributed by atoms with Crippen LogP contribution in [-0.2, 0) is 11.3 Å². The smallest absolute Gasteiger partial charge is 0.225 e. The van der Waals surface area contributed by atoms with Gasteiger partial charge in [0.15, 0.2) is 17.5 Å². The van der Waals surface area contributed by atoms with Crippen LogP contribution in [0.15, 0.2) is 23.2 Å². The average Bonchev–Trinajstić information content (AvgIpc) is 3.43. The number of halogens is 1. The summed E-state index contributed by atoms with van der Waals surface area (Å²) >= 11 is 0. The van der Waals surface area contributed by atoms with E-state index in [4.69, 9.17) is 14.5 Å². The highest BCUT2D eigenvalue weighted by molar-refractivity contribution is 14.0. The third-order valence-electron chi connectivity index (χ3n) is 5.78. The number of carbonyl (C=O) groups excluding carboxylic acids is 1. The summed E-state index contributed by atoms with van der Waals surface area (Å²) in [4.78, 5) is 19.4. The molecule has 0 spiro atoms. The predicted octanol–water partition coefficient (Wildman–Crippen LogP) is 3.17. The first-order chi connectivity index (χ1) is 14.2. The molecule has 2 fully saturated rings. The lowest BCUT2D eigenvalue weighted by Crippen LogP contribution is -2.45. The van der Waals surface area contributed by atoms with E-state index in [1.807, 2.05) is 30.0 Å². The first kappa shape index (κ1) is 24.6. The summed E-state index contributed by atoms with van der Waals surface area (Å²) < 4.78 is 10.9. The topological polar surface area (TPSA) is 75.2 Å². The maximum absolute atomic E-state index is 12.7. The Morgan fingerprint density at radius 1 is 1.20 bits per heavy atom. The summed E-state index contributed by atoms with van der Waals surface area (Å²) in [5, 5.41) is 6.81. The quantitative estimate of drug-likeness (QED) is 0.322. The first-order valence-corrected chi connectivity index (χ1v) is 10.7. The number of ether oxygens (including phenoxy) is 2. The van der Waals surface area contributed by atoms with Crippen LogP contribution in [-0.4, -0.2) is 56.7 Å². The fourth-order valence-corrected chi connectivity index (χ4v) is 4.27. The van der Waals surface area contributed by atoms with Gasteiger partial charge in [0.25, 0.3) is 0 Å². The Balaban J connectivity index is 0.00000320. The summed E-state index contributed by atoms with van der Waals surface area (Å²) in [6, 6.07) is 6.04. The van der Waals surface area contributed by atoms with E-state index in [1.54, 1.807) is 14.2 Å². The predicted molar refractivity (Wildman–Crippen MR) is 130 cm³/mol. The van der Waals surface area contributed by atoms with E-state index in [2.05, 4.69) is 10.6 Å². The molecule has 1 saturated carbocycles. The number of para-hydroxylation sites is 1. The molecule has 0 radical (unpaired) electrons. The molecule has 8 heteroatoms. The zero-order valence-electron chi connectivity index (χ0n) is 18.3. The van der Waals surface area contributed by atoms with Gasteiger partial charge in [-0.05, 0) is 32.3 Å². The van der Waals surface area contributed by atoms with E-state index in [0.717, 1.165) is 50.4 Å². The van der Waals surface area contributed by atoms with Crippen molar-refractivity contribution in [2.24, 2.45) is 10.9 Å². The van der Waals surface area contributed by atoms with Crippen molar-refractivity contribution in [3.8, 4) is 11.5 Å². The van der Waals surface area contributed by atoms with Crippen molar-refractivity contribution in [2.75, 3.05) is 33.9 Å². The second-order valence-corrected chi connectivity index (χ2v) is 7.74. The maximum Gasteiger partial charge on any atom is 0.225 e. The van der Waals surface area contributed by atoms with E-state index in [-0.39, 0.29) is 35.9 Å². The van der Waals surface area contributed by atoms with Crippen molar-refractivity contribution in [2.45, 2.75) is 51.6 Å². The Hall–Kier alpha value is -1.71. The van der Waals surface area contributed by atoms with Gasteiger partial charge >= 0.3 is 0 Å². The second-order valence-electron chi connectivity index (χ2n) is 7.74. The summed E-state index contributed by atoms with van der Waals surface area (Å²) in [5.74, 6) is 2.77. The molecule has 2 N–H and O–H groups in total. The van der Waals surface area contributed by atoms with Crippen LogP contribution in [0.25, 0.3) is 0 Å². The summed E-state index contributed by atoms with van der Waals surface area (Å²) in [6.07, 6.45) is 5.44. The number of hydrogen-bond acceptors (Lipinski definition) is 4. The second kappa shape index (κ2) is 12.2. The molecule has 1 aromatic rings. The third kappa shape index (κ3) is 6.15. The molecule has 1 amide bonds. The van der Waals surface area contributed by atoms with Crippen LogP contribution in [0.5, 0.6) is 11.5 Å². The molecule has 30 heavy (non-hydrogen) atoms. The average molecular weight is 530 g/mol. The van der Waals surface area contributed by atoms with Crippen molar-refractivity contribution >= 4 is 35.8 Å². The number of guanidine groups is 1. The van der Waals surface area contributed by atoms with E-state index in [1.165, 1.54) is 12.8 Å². The van der Waals surface area contributed by atoms with Gasteiger partial charge in [-0.15, -0.1) is 24.0 Å². The highest BCUT2D eigenvalue weighted by Crippen LogP contribution is 2.31. The molecule has 7 nitrogen and oxygen atoms in total. The molecule has 1 aliphatic heterocycles. The highest BCUT2D eigenvalue weighted by atomic mass is 127. The van der Waals surface area contributed by atoms with Crippen molar-refractivity contribution < 1.29 is 14.3 Å². The normalized spacial score (nSPS) is 19.4. The van der Waals surface area contributed by atoms with Crippen molar-refractivity contribution in [1.82, 2.24) is 15.5 Å². The monoisotopic (exact) mass is 530 g/mol. The van der Waals surface area contributed by atoms with Gasteiger partial charge < -0.3 is 25.0 Å². The largest absolute Gasteiger partial charge is 0.493 e. The third-order valence-corrected chi connectivity index (χ3v) is 5.78. The zero-order valence-corrected chi connectivity index (χ0v) is 20.6. The van der Waals surface area contributed by atoms with Gasteiger partial charge in [0.05, 0.1) is 20.8 Å². The van der Waals surface area contributed by atoms with Gasteiger partial charge in [-0.25, -0.2) is 4.99 Å². The molecule has 0 aromatic heterocycles. The van der Waals surface area contributed by atoms with Crippen molar-refractivity contribution in [3.05, 3.63) is 23.8 Å². The Labute approximate surface area is 197 Å². The van der Waals surface area contributed by atoms with Gasteiger partial charge in [0, 0.05) is 37.2 Å². The van der Waals surface area contributed by atoms with Gasteiger partial charge in [-0.1, -0.05) is 25.0 Å². The van der Waals surface area contributed by atoms with E-state index in [0.29, 0.717) is 24.0 Å². The number of likely N-dealkylation sites (tertiary alicyclic amines) is 1. The van der Waals surface area contributed by atoms with Crippen LogP contribution in [0.2, 0.25) is 0 Å². The molecule has 2 aliphatic rings. The minimum absolute atomic E-state index is 0. The molecule has 1 atom stereocenters. The Bertz CT molecular complexity index is 722. The zero-order chi connectivity index (χ0) is 20.6. The van der Waals surface area contributed by atoms with Crippen LogP contribution in [0.4, 0.5) is 0 Å². The summed E-state index contributed by atoms with van der Waals surface area (Å²) in [7, 11) is 3.28. The van der Waals surface area contributed by atoms with Gasteiger partial charge in [0.2, 0.25) is 5.91 Å². The van der Waals surface area contributed by atoms with Crippen LogP contribution in [0, 0.1) is 5.92 Å². The summed E-state index contributed by atoms with van der Waals surface area (Å²) in [6.45, 7) is 4.89. The molecule has 3 rings (SSSR count). The number of rotatable bonds is 7. The number of nitrogens with zero attached hydrogens (tertiary/aromatic N) is 2. The Kier molecular flexibility index (Phi) is 10.0. The van der Waals surface area contributed by atoms with E-state index < -0.39 is 0 Å². The molecular formula is C22H35IN4O3. The SMILES string of the molecule is CCNC(=NCc1cccc(OC)c1OC)NC1CCN(C(=O)C2CCCC2)C1.I. The number of carbonyl (C=O) groups is 1. The molecule has 168 valence electrons. The van der Waals surface area contributed by atoms with Crippen LogP contribution in [0.3, 0.4) is 0 Å². The van der Waals surface area contributed by atoms with Gasteiger partial charge in [-0.3, -0.25) is 4.79 Å². The Morgan fingerprint density at radius 3 is 2.63 bits per heavy atom. The van der Waals surface area contributed by atoms with E-state index >= 15 is 0 Å². The number of amides is 1. The number of nitrogens with one attached hydrogen (secondary N) is 2. The van der Waals surface area contributed by atoms with Gasteiger partial charge in [-0.2, -0.15) is 0 Å². The number of methoxy groups -OCH3 is 2. The highest BCUT2D eigenvalue weighted by Gasteiger charge is 2.32. The van der Waals surface area contributed by atoms with Gasteiger partial charge in [0.1, 0.15) is 0 Å². The fraction of sp³-hybridized carbons (Fsp3) is 0.636. The lowest BCUT2D eigenvalue weighted by molar-refractivity contribution is -0.134. The maximum atomic E-state index is 12.7. The number of hydrogen-bond donors (Lipinski definition) is 2. The Morgan fingerprint density at radius 2 is 1.97 bits per heavy atom. The molecular weight excluding hydrogens is 495 g/mol. The fourth-order valence-electron chi connectivity index (χ4n) is 4.27. The van der Waals surface area contributed by atoms with Crippen LogP contribution < -0.4 is 20.1 Å². The summed E-state index contributed by atoms with van der Waals surface area (Å²) in [5.41, 5.74) is 0.966. The molecule has 1 aromatic carbocycles.